The second-order valence-electron chi connectivity index (χ2n) is 9.30. The van der Waals surface area contributed by atoms with Crippen LogP contribution >= 0.6 is 0 Å². The number of carbonyl (C=O) groups is 2. The third-order valence-electron chi connectivity index (χ3n) is 6.07. The number of ether oxygens (including phenoxy) is 2. The highest BCUT2D eigenvalue weighted by Crippen LogP contribution is 2.27. The molecule has 2 aromatic carbocycles. The van der Waals surface area contributed by atoms with E-state index in [2.05, 4.69) is 20.6 Å². The molecule has 11 heteroatoms. The van der Waals surface area contributed by atoms with Gasteiger partial charge in [-0.1, -0.05) is 12.1 Å². The fourth-order valence-electron chi connectivity index (χ4n) is 3.63. The van der Waals surface area contributed by atoms with E-state index >= 15 is 0 Å². The van der Waals surface area contributed by atoms with E-state index in [9.17, 15) is 24.9 Å². The van der Waals surface area contributed by atoms with Crippen LogP contribution in [0.3, 0.4) is 0 Å². The monoisotopic (exact) mass is 546 g/mol. The van der Waals surface area contributed by atoms with Gasteiger partial charge in [-0.15, -0.1) is 0 Å². The lowest BCUT2D eigenvalue weighted by atomic mass is 9.93. The summed E-state index contributed by atoms with van der Waals surface area (Å²) in [6, 6.07) is 18.9. The van der Waals surface area contributed by atoms with Crippen LogP contribution < -0.4 is 15.4 Å². The number of H-pyrrole nitrogens is 1. The molecule has 40 heavy (non-hydrogen) atoms. The van der Waals surface area contributed by atoms with Crippen molar-refractivity contribution in [2.75, 3.05) is 37.1 Å². The minimum Gasteiger partial charge on any atom is -0.461 e. The van der Waals surface area contributed by atoms with Gasteiger partial charge < -0.3 is 40.4 Å². The number of benzene rings is 2. The quantitative estimate of drug-likeness (QED) is 0.154. The van der Waals surface area contributed by atoms with Crippen molar-refractivity contribution in [2.45, 2.75) is 6.92 Å². The summed E-state index contributed by atoms with van der Waals surface area (Å²) in [5, 5.41) is 33.7. The van der Waals surface area contributed by atoms with E-state index in [0.717, 1.165) is 5.56 Å². The van der Waals surface area contributed by atoms with E-state index in [1.807, 2.05) is 31.2 Å². The van der Waals surface area contributed by atoms with Crippen LogP contribution in [0.2, 0.25) is 0 Å². The number of hydrogen-bond acceptors (Lipinski definition) is 8. The normalized spacial score (nSPS) is 11.1. The smallest absolute Gasteiger partial charge is 0.339 e. The first-order chi connectivity index (χ1) is 19.3. The summed E-state index contributed by atoms with van der Waals surface area (Å²) in [6.45, 7) is -0.00615. The Kier molecular flexibility index (Phi) is 9.12. The van der Waals surface area contributed by atoms with E-state index in [1.165, 1.54) is 6.20 Å². The minimum absolute atomic E-state index is 0.209. The fraction of sp³-hybridized carbons (Fsp3) is 0.207. The number of carbonyl (C=O) groups excluding carboxylic acids is 2. The number of anilines is 2. The second-order valence-corrected chi connectivity index (χ2v) is 9.30. The number of aliphatic hydroxyl groups excluding tert-OH is 3. The third kappa shape index (κ3) is 7.23. The number of aromatic amines is 1. The van der Waals surface area contributed by atoms with E-state index in [4.69, 9.17) is 9.47 Å². The zero-order chi connectivity index (χ0) is 28.5. The maximum atomic E-state index is 12.4. The van der Waals surface area contributed by atoms with Gasteiger partial charge in [-0.3, -0.25) is 4.98 Å². The van der Waals surface area contributed by atoms with Crippen LogP contribution in [0.4, 0.5) is 16.2 Å². The molecule has 2 heterocycles. The second kappa shape index (κ2) is 12.9. The number of aliphatic hydroxyl groups is 3. The zero-order valence-electron chi connectivity index (χ0n) is 21.8. The Bertz CT molecular complexity index is 1440. The van der Waals surface area contributed by atoms with Gasteiger partial charge in [-0.25, -0.2) is 9.59 Å². The third-order valence-corrected chi connectivity index (χ3v) is 6.07. The first kappa shape index (κ1) is 28.3. The Labute approximate surface area is 230 Å². The highest BCUT2D eigenvalue weighted by atomic mass is 16.5. The maximum absolute atomic E-state index is 12.4. The molecular formula is C29H30N4O7. The summed E-state index contributed by atoms with van der Waals surface area (Å²) in [5.74, 6) is 0.355. The van der Waals surface area contributed by atoms with Crippen molar-refractivity contribution in [3.8, 4) is 22.9 Å². The lowest BCUT2D eigenvalue weighted by Crippen LogP contribution is -2.39. The Balaban J connectivity index is 1.35. The fourth-order valence-corrected chi connectivity index (χ4v) is 3.63. The summed E-state index contributed by atoms with van der Waals surface area (Å²) in [4.78, 5) is 32.0. The zero-order valence-corrected chi connectivity index (χ0v) is 21.8. The average molecular weight is 547 g/mol. The first-order valence-corrected chi connectivity index (χ1v) is 12.4. The predicted molar refractivity (Wildman–Crippen MR) is 148 cm³/mol. The summed E-state index contributed by atoms with van der Waals surface area (Å²) in [5.41, 5.74) is 2.27. The van der Waals surface area contributed by atoms with Crippen LogP contribution in [0, 0.1) is 12.3 Å². The van der Waals surface area contributed by atoms with Crippen LogP contribution in [0.25, 0.3) is 11.4 Å². The van der Waals surface area contributed by atoms with E-state index < -0.39 is 31.2 Å². The van der Waals surface area contributed by atoms with Gasteiger partial charge >= 0.3 is 12.0 Å². The molecule has 0 atom stereocenters. The molecule has 0 spiro atoms. The summed E-state index contributed by atoms with van der Waals surface area (Å²) in [6.07, 6.45) is 3.01. The standard InChI is InChI=1S/C29H30N4O7/c1-19-3-2-4-22(11-19)33-28(38)32-21-5-7-23(8-6-21)40-24-9-10-30-26(13-24)25-12-20(14-31-25)27(37)39-18-29(15-34,16-35)17-36/h2-14,31,34-36H,15-18H2,1H3,(H2,32,33,38). The van der Waals surface area contributed by atoms with Crippen LogP contribution in [-0.4, -0.2) is 63.7 Å². The summed E-state index contributed by atoms with van der Waals surface area (Å²) >= 11 is 0. The molecule has 0 aliphatic rings. The number of rotatable bonds is 11. The van der Waals surface area contributed by atoms with Gasteiger partial charge in [0.15, 0.2) is 0 Å². The summed E-state index contributed by atoms with van der Waals surface area (Å²) < 4.78 is 11.1. The Morgan fingerprint density at radius 1 is 0.900 bits per heavy atom. The van der Waals surface area contributed by atoms with E-state index in [-0.39, 0.29) is 18.2 Å². The lowest BCUT2D eigenvalue weighted by Gasteiger charge is -2.26. The number of aryl methyl sites for hydroxylation is 1. The molecule has 208 valence electrons. The Morgan fingerprint density at radius 3 is 2.33 bits per heavy atom. The molecule has 0 saturated carbocycles. The maximum Gasteiger partial charge on any atom is 0.339 e. The molecule has 0 fully saturated rings. The topological polar surface area (TPSA) is 166 Å². The Hall–Kier alpha value is -4.71. The molecule has 6 N–H and O–H groups in total. The molecule has 0 aliphatic carbocycles. The number of nitrogens with one attached hydrogen (secondary N) is 3. The van der Waals surface area contributed by atoms with Crippen molar-refractivity contribution in [2.24, 2.45) is 5.41 Å². The van der Waals surface area contributed by atoms with Gasteiger partial charge in [0.2, 0.25) is 0 Å². The number of amides is 2. The molecule has 4 aromatic rings. The van der Waals surface area contributed by atoms with Crippen molar-refractivity contribution in [3.05, 3.63) is 90.3 Å². The number of pyridine rings is 1. The molecule has 0 radical (unpaired) electrons. The van der Waals surface area contributed by atoms with Crippen LogP contribution in [0.15, 0.2) is 79.1 Å². The molecule has 0 unspecified atom stereocenters. The van der Waals surface area contributed by atoms with Crippen LogP contribution in [0.5, 0.6) is 11.5 Å². The summed E-state index contributed by atoms with van der Waals surface area (Å²) in [7, 11) is 0. The largest absolute Gasteiger partial charge is 0.461 e. The molecule has 2 amide bonds. The first-order valence-electron chi connectivity index (χ1n) is 12.4. The van der Waals surface area contributed by atoms with Gasteiger partial charge in [0.1, 0.15) is 18.1 Å². The number of aromatic nitrogens is 2. The molecule has 0 aliphatic heterocycles. The van der Waals surface area contributed by atoms with Crippen molar-refractivity contribution in [1.82, 2.24) is 9.97 Å². The molecule has 0 saturated heterocycles. The molecular weight excluding hydrogens is 516 g/mol. The van der Waals surface area contributed by atoms with E-state index in [1.54, 1.807) is 48.7 Å². The van der Waals surface area contributed by atoms with Crippen molar-refractivity contribution < 1.29 is 34.4 Å². The highest BCUT2D eigenvalue weighted by Gasteiger charge is 2.30. The van der Waals surface area contributed by atoms with Crippen molar-refractivity contribution >= 4 is 23.4 Å². The van der Waals surface area contributed by atoms with Gasteiger partial charge in [-0.05, 0) is 61.0 Å². The number of nitrogens with zero attached hydrogens (tertiary/aromatic N) is 1. The van der Waals surface area contributed by atoms with Crippen LogP contribution in [0.1, 0.15) is 15.9 Å². The van der Waals surface area contributed by atoms with Gasteiger partial charge in [0.05, 0.1) is 42.2 Å². The molecule has 11 nitrogen and oxygen atoms in total. The average Bonchev–Trinajstić information content (AvgIpc) is 3.46. The SMILES string of the molecule is Cc1cccc(NC(=O)Nc2ccc(Oc3ccnc(-c4cc(C(=O)OCC(CO)(CO)CO)c[nH]4)c3)cc2)c1. The van der Waals surface area contributed by atoms with Gasteiger partial charge in [0.25, 0.3) is 0 Å². The minimum atomic E-state index is -1.32. The van der Waals surface area contributed by atoms with Gasteiger partial charge in [0, 0.05) is 29.8 Å². The Morgan fingerprint density at radius 2 is 1.62 bits per heavy atom. The highest BCUT2D eigenvalue weighted by molar-refractivity contribution is 5.99. The molecule has 0 bridgehead atoms. The van der Waals surface area contributed by atoms with E-state index in [0.29, 0.717) is 34.3 Å². The van der Waals surface area contributed by atoms with Gasteiger partial charge in [-0.2, -0.15) is 0 Å². The van der Waals surface area contributed by atoms with Crippen molar-refractivity contribution in [3.63, 3.8) is 0 Å². The van der Waals surface area contributed by atoms with Crippen molar-refractivity contribution in [1.29, 1.82) is 0 Å². The number of hydrogen-bond donors (Lipinski definition) is 6. The van der Waals surface area contributed by atoms with Crippen LogP contribution in [-0.2, 0) is 4.74 Å². The molecule has 4 rings (SSSR count). The number of esters is 1. The number of urea groups is 1. The molecule has 2 aromatic heterocycles. The lowest BCUT2D eigenvalue weighted by molar-refractivity contribution is -0.0441. The predicted octanol–water partition coefficient (Wildman–Crippen LogP) is 3.94.